The van der Waals surface area contributed by atoms with E-state index in [9.17, 15) is 8.78 Å². The van der Waals surface area contributed by atoms with Gasteiger partial charge in [0.2, 0.25) is 0 Å². The Bertz CT molecular complexity index is 1480. The zero-order valence-corrected chi connectivity index (χ0v) is 20.1. The Hall–Kier alpha value is -3.62. The number of aromatic nitrogens is 3. The molecule has 6 nitrogen and oxygen atoms in total. The molecule has 1 aliphatic carbocycles. The van der Waals surface area contributed by atoms with Crippen LogP contribution in [0.25, 0.3) is 39.0 Å². The van der Waals surface area contributed by atoms with Gasteiger partial charge in [-0.25, -0.2) is 13.8 Å². The monoisotopic (exact) mass is 506 g/mol. The number of aliphatic imine (C=N–C) groups is 1. The number of H-pyrrole nitrogens is 1. The summed E-state index contributed by atoms with van der Waals surface area (Å²) in [4.78, 5) is 16.6. The van der Waals surface area contributed by atoms with Crippen molar-refractivity contribution in [2.45, 2.75) is 37.8 Å². The number of fused-ring (bicyclic) bond motifs is 1. The molecule has 0 saturated heterocycles. The van der Waals surface area contributed by atoms with E-state index in [0.29, 0.717) is 11.4 Å². The minimum absolute atomic E-state index is 0.0650. The predicted molar refractivity (Wildman–Crippen MR) is 141 cm³/mol. The fourth-order valence-electron chi connectivity index (χ4n) is 4.58. The average Bonchev–Trinajstić information content (AvgIpc) is 3.37. The van der Waals surface area contributed by atoms with Crippen LogP contribution in [0.1, 0.15) is 31.2 Å². The third-order valence-electron chi connectivity index (χ3n) is 6.57. The second-order valence-corrected chi connectivity index (χ2v) is 9.33. The number of rotatable bonds is 5. The topological polar surface area (TPSA) is 106 Å². The summed E-state index contributed by atoms with van der Waals surface area (Å²) in [6.45, 7) is 0. The summed E-state index contributed by atoms with van der Waals surface area (Å²) in [5, 5.41) is 0.676. The standard InChI is InChI=1S/C27H25ClF2N6/c28-20-9-19(21(29)10-22(20)30)27-26(35-14-36-27)15-5-6-24-16(7-15)8-17(12-33-24)18(11-31)13-34-25-4-2-1-3-23(25)32/h5-14,23,25H,1-4,31-32H2,(H,35,36)/t23?,25-/m1/s1. The molecule has 36 heavy (non-hydrogen) atoms. The predicted octanol–water partition coefficient (Wildman–Crippen LogP) is 5.86. The molecule has 0 bridgehead atoms. The SMILES string of the molecule is NC=C(C=N[C@@H]1CCCCC1N)c1cnc2ccc(-c3nc[nH]c3-c3cc(Cl)c(F)cc3F)cc2c1. The molecule has 4 aromatic rings. The molecule has 5 rings (SSSR count). The van der Waals surface area contributed by atoms with Crippen LogP contribution in [0, 0.1) is 11.6 Å². The highest BCUT2D eigenvalue weighted by molar-refractivity contribution is 6.31. The third-order valence-corrected chi connectivity index (χ3v) is 6.86. The molecule has 184 valence electrons. The van der Waals surface area contributed by atoms with Gasteiger partial charge in [-0.3, -0.25) is 9.98 Å². The van der Waals surface area contributed by atoms with E-state index < -0.39 is 11.6 Å². The molecule has 2 aromatic carbocycles. The van der Waals surface area contributed by atoms with Crippen LogP contribution in [0.3, 0.4) is 0 Å². The van der Waals surface area contributed by atoms with Crippen molar-refractivity contribution in [3.63, 3.8) is 0 Å². The van der Waals surface area contributed by atoms with E-state index in [1.54, 1.807) is 12.4 Å². The largest absolute Gasteiger partial charge is 0.404 e. The molecule has 1 aliphatic rings. The smallest absolute Gasteiger partial charge is 0.144 e. The molecule has 9 heteroatoms. The van der Waals surface area contributed by atoms with Crippen LogP contribution in [0.15, 0.2) is 60.1 Å². The van der Waals surface area contributed by atoms with Crippen molar-refractivity contribution >= 4 is 34.3 Å². The van der Waals surface area contributed by atoms with Gasteiger partial charge in [-0.05, 0) is 37.1 Å². The highest BCUT2D eigenvalue weighted by Gasteiger charge is 2.20. The van der Waals surface area contributed by atoms with Gasteiger partial charge in [0.15, 0.2) is 0 Å². The Morgan fingerprint density at radius 3 is 2.72 bits per heavy atom. The van der Waals surface area contributed by atoms with Gasteiger partial charge in [-0.15, -0.1) is 0 Å². The Kier molecular flexibility index (Phi) is 6.80. The number of nitrogens with two attached hydrogens (primary N) is 2. The van der Waals surface area contributed by atoms with Gasteiger partial charge in [0.1, 0.15) is 11.6 Å². The van der Waals surface area contributed by atoms with E-state index in [0.717, 1.165) is 59.4 Å². The van der Waals surface area contributed by atoms with E-state index in [2.05, 4.69) is 15.0 Å². The summed E-state index contributed by atoms with van der Waals surface area (Å²) in [7, 11) is 0. The van der Waals surface area contributed by atoms with Crippen LogP contribution >= 0.6 is 11.6 Å². The van der Waals surface area contributed by atoms with Gasteiger partial charge in [-0.2, -0.15) is 0 Å². The number of nitrogens with one attached hydrogen (secondary N) is 1. The number of hydrogen-bond donors (Lipinski definition) is 3. The molecule has 2 aromatic heterocycles. The zero-order valence-electron chi connectivity index (χ0n) is 19.4. The molecule has 1 saturated carbocycles. The molecule has 0 spiro atoms. The Balaban J connectivity index is 1.49. The van der Waals surface area contributed by atoms with E-state index >= 15 is 0 Å². The van der Waals surface area contributed by atoms with Crippen LogP contribution in [-0.4, -0.2) is 33.3 Å². The molecule has 1 fully saturated rings. The highest BCUT2D eigenvalue weighted by Crippen LogP contribution is 2.34. The van der Waals surface area contributed by atoms with Crippen LogP contribution in [-0.2, 0) is 0 Å². The van der Waals surface area contributed by atoms with Crippen molar-refractivity contribution in [2.24, 2.45) is 16.5 Å². The van der Waals surface area contributed by atoms with Gasteiger partial charge in [-0.1, -0.05) is 30.5 Å². The molecule has 2 atom stereocenters. The summed E-state index contributed by atoms with van der Waals surface area (Å²) in [6.07, 6.45) is 10.7. The first-order valence-corrected chi connectivity index (χ1v) is 12.1. The normalized spacial score (nSPS) is 18.8. The maximum absolute atomic E-state index is 14.6. The Morgan fingerprint density at radius 1 is 1.08 bits per heavy atom. The fourth-order valence-corrected chi connectivity index (χ4v) is 4.75. The quantitative estimate of drug-likeness (QED) is 0.232. The summed E-state index contributed by atoms with van der Waals surface area (Å²) in [5.74, 6) is -1.55. The van der Waals surface area contributed by atoms with Crippen molar-refractivity contribution in [1.29, 1.82) is 0 Å². The number of nitrogens with zero attached hydrogens (tertiary/aromatic N) is 3. The number of imidazole rings is 1. The number of allylic oxidation sites excluding steroid dienone is 1. The number of benzene rings is 2. The van der Waals surface area contributed by atoms with E-state index in [1.165, 1.54) is 18.6 Å². The molecule has 0 amide bonds. The van der Waals surface area contributed by atoms with Crippen molar-refractivity contribution in [1.82, 2.24) is 15.0 Å². The van der Waals surface area contributed by atoms with Gasteiger partial charge >= 0.3 is 0 Å². The van der Waals surface area contributed by atoms with Crippen molar-refractivity contribution < 1.29 is 8.78 Å². The summed E-state index contributed by atoms with van der Waals surface area (Å²) in [6, 6.07) is 9.77. The molecule has 1 unspecified atom stereocenters. The molecule has 0 aliphatic heterocycles. The first-order valence-electron chi connectivity index (χ1n) is 11.7. The molecule has 5 N–H and O–H groups in total. The molecule has 2 heterocycles. The van der Waals surface area contributed by atoms with Crippen LogP contribution in [0.2, 0.25) is 5.02 Å². The minimum atomic E-state index is -0.818. The second-order valence-electron chi connectivity index (χ2n) is 8.92. The summed E-state index contributed by atoms with van der Waals surface area (Å²) < 4.78 is 28.2. The first-order chi connectivity index (χ1) is 17.4. The van der Waals surface area contributed by atoms with Gasteiger partial charge in [0, 0.05) is 58.4 Å². The van der Waals surface area contributed by atoms with Gasteiger partial charge < -0.3 is 16.5 Å². The third kappa shape index (κ3) is 4.74. The van der Waals surface area contributed by atoms with Crippen molar-refractivity contribution in [3.05, 3.63) is 77.3 Å². The first kappa shape index (κ1) is 24.1. The number of hydrogen-bond acceptors (Lipinski definition) is 5. The number of halogens is 3. The lowest BCUT2D eigenvalue weighted by atomic mass is 9.91. The van der Waals surface area contributed by atoms with E-state index in [1.807, 2.05) is 24.3 Å². The zero-order chi connectivity index (χ0) is 25.2. The van der Waals surface area contributed by atoms with Crippen molar-refractivity contribution in [3.8, 4) is 22.5 Å². The lowest BCUT2D eigenvalue weighted by Crippen LogP contribution is -2.36. The average molecular weight is 507 g/mol. The van der Waals surface area contributed by atoms with Gasteiger partial charge in [0.05, 0.1) is 34.3 Å². The van der Waals surface area contributed by atoms with E-state index in [4.69, 9.17) is 28.1 Å². The van der Waals surface area contributed by atoms with E-state index in [-0.39, 0.29) is 22.7 Å². The summed E-state index contributed by atoms with van der Waals surface area (Å²) >= 11 is 5.91. The molecular weight excluding hydrogens is 482 g/mol. The van der Waals surface area contributed by atoms with Crippen LogP contribution in [0.4, 0.5) is 8.78 Å². The van der Waals surface area contributed by atoms with Crippen LogP contribution < -0.4 is 11.5 Å². The maximum atomic E-state index is 14.6. The molecule has 0 radical (unpaired) electrons. The summed E-state index contributed by atoms with van der Waals surface area (Å²) in [5.41, 5.74) is 16.3. The van der Waals surface area contributed by atoms with Gasteiger partial charge in [0.25, 0.3) is 0 Å². The maximum Gasteiger partial charge on any atom is 0.144 e. The van der Waals surface area contributed by atoms with Crippen LogP contribution in [0.5, 0.6) is 0 Å². The Labute approximate surface area is 212 Å². The lowest BCUT2D eigenvalue weighted by Gasteiger charge is -2.25. The highest BCUT2D eigenvalue weighted by atomic mass is 35.5. The fraction of sp³-hybridized carbons (Fsp3) is 0.222. The number of pyridine rings is 1. The lowest BCUT2D eigenvalue weighted by molar-refractivity contribution is 0.387. The van der Waals surface area contributed by atoms with Crippen molar-refractivity contribution in [2.75, 3.05) is 0 Å². The molecular formula is C27H25ClF2N6. The second kappa shape index (κ2) is 10.2. The minimum Gasteiger partial charge on any atom is -0.404 e. The Morgan fingerprint density at radius 2 is 1.92 bits per heavy atom. The number of aromatic amines is 1.